The molecule has 0 bridgehead atoms. The van der Waals surface area contributed by atoms with Gasteiger partial charge in [0.1, 0.15) is 5.82 Å². The summed E-state index contributed by atoms with van der Waals surface area (Å²) in [4.78, 5) is 22.1. The highest BCUT2D eigenvalue weighted by Crippen LogP contribution is 2.28. The Morgan fingerprint density at radius 3 is 2.22 bits per heavy atom. The second-order valence-electron chi connectivity index (χ2n) is 9.17. The van der Waals surface area contributed by atoms with Crippen molar-refractivity contribution in [3.05, 3.63) is 77.6 Å². The monoisotopic (exact) mass is 521 g/mol. The molecule has 2 aromatic carbocycles. The minimum atomic E-state index is -3.61. The fourth-order valence-electron chi connectivity index (χ4n) is 3.64. The molecule has 0 atom stereocenters. The molecule has 11 heteroatoms. The number of sulfonamides is 1. The van der Waals surface area contributed by atoms with E-state index < -0.39 is 22.0 Å². The largest absolute Gasteiger partial charge is 0.478 e. The smallest absolute Gasteiger partial charge is 0.328 e. The Bertz CT molecular complexity index is 1150. The number of carboxylic acid groups (broad SMARTS) is 2. The third-order valence-electron chi connectivity index (χ3n) is 5.30. The van der Waals surface area contributed by atoms with Crippen LogP contribution in [0.15, 0.2) is 65.6 Å². The summed E-state index contributed by atoms with van der Waals surface area (Å²) in [6, 6.07) is 13.3. The van der Waals surface area contributed by atoms with E-state index in [9.17, 15) is 22.4 Å². The lowest BCUT2D eigenvalue weighted by Crippen LogP contribution is -2.50. The van der Waals surface area contributed by atoms with E-state index in [0.717, 1.165) is 30.5 Å². The van der Waals surface area contributed by atoms with Crippen LogP contribution in [0.25, 0.3) is 0 Å². The molecule has 9 nitrogen and oxygen atoms in total. The maximum Gasteiger partial charge on any atom is 0.328 e. The van der Waals surface area contributed by atoms with E-state index >= 15 is 0 Å². The minimum absolute atomic E-state index is 0.104. The van der Waals surface area contributed by atoms with E-state index in [1.54, 1.807) is 35.3 Å². The number of halogens is 1. The van der Waals surface area contributed by atoms with Gasteiger partial charge in [0.05, 0.1) is 4.90 Å². The van der Waals surface area contributed by atoms with E-state index in [4.69, 9.17) is 10.2 Å². The summed E-state index contributed by atoms with van der Waals surface area (Å²) in [5.74, 6) is -2.77. The van der Waals surface area contributed by atoms with Crippen LogP contribution in [0.2, 0.25) is 0 Å². The molecule has 2 aromatic rings. The van der Waals surface area contributed by atoms with Gasteiger partial charge in [0.2, 0.25) is 0 Å². The molecule has 36 heavy (non-hydrogen) atoms. The van der Waals surface area contributed by atoms with Gasteiger partial charge in [-0.05, 0) is 53.6 Å². The lowest BCUT2D eigenvalue weighted by atomic mass is 9.85. The second kappa shape index (κ2) is 13.3. The number of rotatable bonds is 9. The van der Waals surface area contributed by atoms with Crippen LogP contribution < -0.4 is 10.1 Å². The predicted molar refractivity (Wildman–Crippen MR) is 133 cm³/mol. The van der Waals surface area contributed by atoms with Crippen molar-refractivity contribution >= 4 is 22.0 Å². The average molecular weight is 522 g/mol. The van der Waals surface area contributed by atoms with Crippen LogP contribution in [-0.2, 0) is 32.7 Å². The fourth-order valence-corrected chi connectivity index (χ4v) is 4.81. The Morgan fingerprint density at radius 2 is 1.64 bits per heavy atom. The third-order valence-corrected chi connectivity index (χ3v) is 6.67. The van der Waals surface area contributed by atoms with Crippen molar-refractivity contribution in [3.63, 3.8) is 0 Å². The number of carbonyl (C=O) groups is 2. The summed E-state index contributed by atoms with van der Waals surface area (Å²) >= 11 is 0. The first-order chi connectivity index (χ1) is 16.9. The molecule has 0 amide bonds. The number of hydrazine groups is 1. The first kappa shape index (κ1) is 29.1. The number of benzene rings is 2. The molecule has 1 heterocycles. The molecule has 0 saturated carbocycles. The lowest BCUT2D eigenvalue weighted by molar-refractivity contribution is -0.134. The normalized spacial score (nSPS) is 15.8. The van der Waals surface area contributed by atoms with E-state index in [1.165, 1.54) is 12.1 Å². The molecule has 3 rings (SSSR count). The molecule has 1 aliphatic rings. The van der Waals surface area contributed by atoms with E-state index in [0.29, 0.717) is 31.8 Å². The standard InChI is InChI=1S/C21H28FN3O2S.C4H4O4/c1-21(2)11-4-12-25(16-21)24-28(26,27)20-6-3-5-18(13-20)15-23-14-17-7-9-19(22)10-8-17;5-3(6)1-2-4(7)8/h3,5-10,13,23-24H,4,11-12,14-16H2,1-2H3;1-2H,(H,5,6)(H,7,8)/b;2-1-. The first-order valence-corrected chi connectivity index (χ1v) is 12.8. The summed E-state index contributed by atoms with van der Waals surface area (Å²) in [5, 5.41) is 20.7. The van der Waals surface area contributed by atoms with Crippen LogP contribution in [0.4, 0.5) is 4.39 Å². The SMILES string of the molecule is CC1(C)CCCN(NS(=O)(=O)c2cccc(CNCc3ccc(F)cc3)c2)C1.O=C(O)/C=C\C(=O)O. The minimum Gasteiger partial charge on any atom is -0.478 e. The summed E-state index contributed by atoms with van der Waals surface area (Å²) in [6.07, 6.45) is 3.19. The number of nitrogens with one attached hydrogen (secondary N) is 2. The molecule has 0 unspecified atom stereocenters. The zero-order chi connectivity index (χ0) is 26.8. The van der Waals surface area contributed by atoms with Crippen LogP contribution in [0.5, 0.6) is 0 Å². The summed E-state index contributed by atoms with van der Waals surface area (Å²) in [7, 11) is -3.61. The number of aliphatic carboxylic acids is 2. The van der Waals surface area contributed by atoms with Crippen molar-refractivity contribution in [2.24, 2.45) is 5.41 Å². The van der Waals surface area contributed by atoms with Gasteiger partial charge in [0.15, 0.2) is 0 Å². The number of hydrogen-bond donors (Lipinski definition) is 4. The van der Waals surface area contributed by atoms with Gasteiger partial charge >= 0.3 is 11.9 Å². The molecule has 0 aliphatic carbocycles. The van der Waals surface area contributed by atoms with Gasteiger partial charge in [-0.15, -0.1) is 4.83 Å². The van der Waals surface area contributed by atoms with E-state index in [-0.39, 0.29) is 16.1 Å². The number of hydrogen-bond acceptors (Lipinski definition) is 6. The topological polar surface area (TPSA) is 136 Å². The fraction of sp³-hybridized carbons (Fsp3) is 0.360. The molecular formula is C25H32FN3O6S. The average Bonchev–Trinajstić information content (AvgIpc) is 2.79. The Morgan fingerprint density at radius 1 is 1.03 bits per heavy atom. The Hall–Kier alpha value is -3.12. The quantitative estimate of drug-likeness (QED) is 0.370. The van der Waals surface area contributed by atoms with Crippen molar-refractivity contribution in [3.8, 4) is 0 Å². The number of nitrogens with zero attached hydrogens (tertiary/aromatic N) is 1. The van der Waals surface area contributed by atoms with Crippen LogP contribution in [0.1, 0.15) is 37.8 Å². The molecule has 1 fully saturated rings. The van der Waals surface area contributed by atoms with Gasteiger partial charge in [0, 0.05) is 38.3 Å². The number of piperidine rings is 1. The third kappa shape index (κ3) is 10.6. The highest BCUT2D eigenvalue weighted by atomic mass is 32.2. The van der Waals surface area contributed by atoms with Gasteiger partial charge in [-0.25, -0.2) is 27.4 Å². The second-order valence-corrected chi connectivity index (χ2v) is 10.8. The van der Waals surface area contributed by atoms with Crippen LogP contribution in [0.3, 0.4) is 0 Å². The van der Waals surface area contributed by atoms with Crippen LogP contribution in [-0.4, -0.2) is 48.7 Å². The van der Waals surface area contributed by atoms with Crippen molar-refractivity contribution in [1.29, 1.82) is 0 Å². The highest BCUT2D eigenvalue weighted by Gasteiger charge is 2.29. The molecule has 0 aromatic heterocycles. The predicted octanol–water partition coefficient (Wildman–Crippen LogP) is 3.14. The zero-order valence-electron chi connectivity index (χ0n) is 20.3. The summed E-state index contributed by atoms with van der Waals surface area (Å²) in [5.41, 5.74) is 1.95. The van der Waals surface area contributed by atoms with Crippen LogP contribution >= 0.6 is 0 Å². The van der Waals surface area contributed by atoms with Gasteiger partial charge in [0.25, 0.3) is 10.0 Å². The van der Waals surface area contributed by atoms with Crippen LogP contribution in [0, 0.1) is 11.2 Å². The van der Waals surface area contributed by atoms with Gasteiger partial charge in [-0.1, -0.05) is 38.1 Å². The Labute approximate surface area is 210 Å². The number of carboxylic acids is 2. The zero-order valence-corrected chi connectivity index (χ0v) is 21.1. The lowest BCUT2D eigenvalue weighted by Gasteiger charge is -2.37. The van der Waals surface area contributed by atoms with E-state index in [2.05, 4.69) is 24.0 Å². The van der Waals surface area contributed by atoms with Crippen molar-refractivity contribution < 1.29 is 32.6 Å². The highest BCUT2D eigenvalue weighted by molar-refractivity contribution is 7.89. The molecule has 196 valence electrons. The molecule has 1 aliphatic heterocycles. The van der Waals surface area contributed by atoms with Crippen molar-refractivity contribution in [1.82, 2.24) is 15.2 Å². The maximum absolute atomic E-state index is 13.0. The van der Waals surface area contributed by atoms with E-state index in [1.807, 2.05) is 6.07 Å². The van der Waals surface area contributed by atoms with Gasteiger partial charge < -0.3 is 15.5 Å². The van der Waals surface area contributed by atoms with Crippen molar-refractivity contribution in [2.75, 3.05) is 13.1 Å². The Kier molecular flexibility index (Phi) is 10.7. The molecule has 0 radical (unpaired) electrons. The van der Waals surface area contributed by atoms with Gasteiger partial charge in [-0.3, -0.25) is 0 Å². The summed E-state index contributed by atoms with van der Waals surface area (Å²) < 4.78 is 38.5. The maximum atomic E-state index is 13.0. The van der Waals surface area contributed by atoms with Crippen molar-refractivity contribution in [2.45, 2.75) is 44.7 Å². The summed E-state index contributed by atoms with van der Waals surface area (Å²) in [6.45, 7) is 6.84. The first-order valence-electron chi connectivity index (χ1n) is 11.3. The molecular weight excluding hydrogens is 489 g/mol. The Balaban J connectivity index is 0.000000493. The molecule has 0 spiro atoms. The molecule has 4 N–H and O–H groups in total. The molecule has 1 saturated heterocycles. The van der Waals surface area contributed by atoms with Gasteiger partial charge in [-0.2, -0.15) is 0 Å².